The van der Waals surface area contributed by atoms with Crippen molar-refractivity contribution in [2.45, 2.75) is 177 Å². The lowest BCUT2D eigenvalue weighted by molar-refractivity contribution is -0.369. The van der Waals surface area contributed by atoms with Gasteiger partial charge in [0.15, 0.2) is 18.4 Å². The Balaban J connectivity index is 0.977. The summed E-state index contributed by atoms with van der Waals surface area (Å²) in [7, 11) is 0. The van der Waals surface area contributed by atoms with E-state index in [2.05, 4.69) is 33.8 Å². The van der Waals surface area contributed by atoms with Crippen molar-refractivity contribution < 1.29 is 64.2 Å². The molecule has 7 fully saturated rings. The standard InChI is InChI=1S/C39H62O13/c1-18-8-13-38(47-17-18)20(3)39(46)27(52-38)15-25-23-7-6-21-14-22(9-11-36(21,4)24(23)10-12-37(25,39)5)49-35-33(31(44)29(42)26(16-40)50-35)51-34-32(45)30(43)28(41)19(2)48-34/h6,18-20,22-35,40-46H,7-17H2,1-5H3/t18-,19+,20-,22+,23-,24+,25+,26-,27+,28-,29-,30+,31+,32+,33-,34+,35-,36+,37+,38-,39-/m1/s1. The van der Waals surface area contributed by atoms with Crippen LogP contribution in [0.5, 0.6) is 0 Å². The quantitative estimate of drug-likeness (QED) is 0.201. The molecule has 0 aromatic carbocycles. The highest BCUT2D eigenvalue weighted by Crippen LogP contribution is 2.72. The SMILES string of the molecule is C[C@@H]1CC[C@@]2(OC1)O[C@H]1C[C@H]3[C@@H]4CC=C5C[C@@H](O[C@@H]6O[C@H](CO)[C@@H](O)[C@H](O)[C@H]6O[C@@H]6O[C@@H](C)[C@@H](O)[C@H](O)[C@@H]6O)CC[C@]5(C)[C@H]4CC[C@]3(C)[C@@]1(O)[C@@H]2C. The molecule has 4 heterocycles. The minimum absolute atomic E-state index is 0.0411. The van der Waals surface area contributed by atoms with Crippen LogP contribution in [0.1, 0.15) is 92.4 Å². The summed E-state index contributed by atoms with van der Waals surface area (Å²) in [6.07, 6.45) is -3.83. The van der Waals surface area contributed by atoms with Gasteiger partial charge in [0.05, 0.1) is 31.5 Å². The zero-order valence-electron chi connectivity index (χ0n) is 31.3. The van der Waals surface area contributed by atoms with Crippen LogP contribution in [0.3, 0.4) is 0 Å². The number of aliphatic hydroxyl groups is 7. The van der Waals surface area contributed by atoms with Gasteiger partial charge < -0.3 is 64.2 Å². The van der Waals surface area contributed by atoms with Crippen LogP contribution in [0.15, 0.2) is 11.6 Å². The maximum absolute atomic E-state index is 12.7. The molecule has 4 aliphatic heterocycles. The van der Waals surface area contributed by atoms with Crippen LogP contribution in [0, 0.1) is 40.4 Å². The fourth-order valence-corrected chi connectivity index (χ4v) is 12.5. The first kappa shape index (κ1) is 38.1. The van der Waals surface area contributed by atoms with Gasteiger partial charge in [-0.25, -0.2) is 0 Å². The predicted molar refractivity (Wildman–Crippen MR) is 183 cm³/mol. The van der Waals surface area contributed by atoms with Gasteiger partial charge in [0.25, 0.3) is 0 Å². The number of aliphatic hydroxyl groups excluding tert-OH is 6. The third-order valence-corrected chi connectivity index (χ3v) is 15.8. The molecule has 0 amide bonds. The monoisotopic (exact) mass is 738 g/mol. The normalized spacial score (nSPS) is 58.9. The Bertz CT molecular complexity index is 1350. The first-order valence-electron chi connectivity index (χ1n) is 19.9. The van der Waals surface area contributed by atoms with Crippen LogP contribution in [-0.4, -0.2) is 134 Å². The molecule has 0 radical (unpaired) electrons. The summed E-state index contributed by atoms with van der Waals surface area (Å²) in [5.74, 6) is 0.929. The molecule has 8 aliphatic rings. The van der Waals surface area contributed by atoms with Crippen molar-refractivity contribution in [3.05, 3.63) is 11.6 Å². The topological polar surface area (TPSA) is 197 Å². The summed E-state index contributed by atoms with van der Waals surface area (Å²) in [6.45, 7) is 10.7. The van der Waals surface area contributed by atoms with Crippen molar-refractivity contribution in [3.8, 4) is 0 Å². The second kappa shape index (κ2) is 13.4. The van der Waals surface area contributed by atoms with Gasteiger partial charge in [0.2, 0.25) is 0 Å². The fourth-order valence-electron chi connectivity index (χ4n) is 12.5. The average Bonchev–Trinajstić information content (AvgIpc) is 3.48. The Hall–Kier alpha value is -0.780. The minimum atomic E-state index is -1.62. The van der Waals surface area contributed by atoms with E-state index in [4.69, 9.17) is 28.4 Å². The first-order valence-corrected chi connectivity index (χ1v) is 19.9. The second-order valence-electron chi connectivity index (χ2n) is 18.4. The lowest BCUT2D eigenvalue weighted by Gasteiger charge is -2.60. The molecular weight excluding hydrogens is 676 g/mol. The number of fused-ring (bicyclic) bond motifs is 7. The molecule has 21 atom stereocenters. The van der Waals surface area contributed by atoms with E-state index < -0.39 is 79.4 Å². The molecule has 0 unspecified atom stereocenters. The van der Waals surface area contributed by atoms with Gasteiger partial charge in [-0.3, -0.25) is 0 Å². The number of rotatable bonds is 5. The Labute approximate surface area is 306 Å². The smallest absolute Gasteiger partial charge is 0.187 e. The summed E-state index contributed by atoms with van der Waals surface area (Å²) >= 11 is 0. The summed E-state index contributed by atoms with van der Waals surface area (Å²) in [5.41, 5.74) is 0.0981. The van der Waals surface area contributed by atoms with Gasteiger partial charge in [0.1, 0.15) is 48.3 Å². The van der Waals surface area contributed by atoms with Crippen molar-refractivity contribution in [2.24, 2.45) is 40.4 Å². The van der Waals surface area contributed by atoms with Crippen LogP contribution in [0.25, 0.3) is 0 Å². The van der Waals surface area contributed by atoms with E-state index in [1.807, 2.05) is 0 Å². The zero-order chi connectivity index (χ0) is 37.1. The van der Waals surface area contributed by atoms with Crippen LogP contribution in [-0.2, 0) is 28.4 Å². The van der Waals surface area contributed by atoms with Crippen molar-refractivity contribution in [3.63, 3.8) is 0 Å². The molecule has 4 aliphatic carbocycles. The Morgan fingerprint density at radius 3 is 2.31 bits per heavy atom. The number of allylic oxidation sites excluding steroid dienone is 1. The fraction of sp³-hybridized carbons (Fsp3) is 0.949. The van der Waals surface area contributed by atoms with Gasteiger partial charge in [0, 0.05) is 17.8 Å². The van der Waals surface area contributed by atoms with Crippen LogP contribution < -0.4 is 0 Å². The van der Waals surface area contributed by atoms with Gasteiger partial charge in [-0.05, 0) is 87.4 Å². The maximum Gasteiger partial charge on any atom is 0.187 e. The third-order valence-electron chi connectivity index (χ3n) is 15.8. The first-order chi connectivity index (χ1) is 24.6. The highest BCUT2D eigenvalue weighted by atomic mass is 16.8. The summed E-state index contributed by atoms with van der Waals surface area (Å²) in [5, 5.41) is 75.6. The van der Waals surface area contributed by atoms with E-state index in [0.29, 0.717) is 43.1 Å². The van der Waals surface area contributed by atoms with Crippen LogP contribution in [0.2, 0.25) is 0 Å². The highest BCUT2D eigenvalue weighted by Gasteiger charge is 2.76. The largest absolute Gasteiger partial charge is 0.394 e. The summed E-state index contributed by atoms with van der Waals surface area (Å²) in [4.78, 5) is 0. The Morgan fingerprint density at radius 1 is 0.827 bits per heavy atom. The van der Waals surface area contributed by atoms with Gasteiger partial charge >= 0.3 is 0 Å². The molecule has 7 N–H and O–H groups in total. The Morgan fingerprint density at radius 2 is 1.60 bits per heavy atom. The molecule has 8 rings (SSSR count). The number of hydrogen-bond acceptors (Lipinski definition) is 13. The van der Waals surface area contributed by atoms with E-state index in [1.54, 1.807) is 0 Å². The molecule has 1 spiro atoms. The van der Waals surface area contributed by atoms with Gasteiger partial charge in [-0.2, -0.15) is 0 Å². The van der Waals surface area contributed by atoms with Gasteiger partial charge in [-0.15, -0.1) is 0 Å². The van der Waals surface area contributed by atoms with Crippen molar-refractivity contribution in [1.82, 2.24) is 0 Å². The molecule has 13 nitrogen and oxygen atoms in total. The molecular formula is C39H62O13. The number of ether oxygens (including phenoxy) is 6. The molecule has 0 aromatic heterocycles. The highest BCUT2D eigenvalue weighted by molar-refractivity contribution is 5.29. The number of hydrogen-bond donors (Lipinski definition) is 7. The zero-order valence-corrected chi connectivity index (χ0v) is 31.3. The maximum atomic E-state index is 12.7. The van der Waals surface area contributed by atoms with Gasteiger partial charge in [-0.1, -0.05) is 39.3 Å². The van der Waals surface area contributed by atoms with Crippen LogP contribution >= 0.6 is 0 Å². The van der Waals surface area contributed by atoms with E-state index in [1.165, 1.54) is 12.5 Å². The van der Waals surface area contributed by atoms with E-state index in [0.717, 1.165) is 44.9 Å². The minimum Gasteiger partial charge on any atom is -0.394 e. The van der Waals surface area contributed by atoms with E-state index in [-0.39, 0.29) is 29.0 Å². The molecule has 52 heavy (non-hydrogen) atoms. The molecule has 0 bridgehead atoms. The summed E-state index contributed by atoms with van der Waals surface area (Å²) < 4.78 is 37.3. The molecule has 13 heteroatoms. The summed E-state index contributed by atoms with van der Waals surface area (Å²) in [6, 6.07) is 0. The van der Waals surface area contributed by atoms with E-state index in [9.17, 15) is 35.7 Å². The third kappa shape index (κ3) is 5.50. The van der Waals surface area contributed by atoms with Crippen molar-refractivity contribution in [1.29, 1.82) is 0 Å². The van der Waals surface area contributed by atoms with Crippen molar-refractivity contribution >= 4 is 0 Å². The molecule has 0 aromatic rings. The average molecular weight is 739 g/mol. The van der Waals surface area contributed by atoms with Crippen LogP contribution in [0.4, 0.5) is 0 Å². The molecule has 4 saturated heterocycles. The Kier molecular flexibility index (Phi) is 9.83. The molecule has 3 saturated carbocycles. The van der Waals surface area contributed by atoms with Crippen molar-refractivity contribution in [2.75, 3.05) is 13.2 Å². The predicted octanol–water partition coefficient (Wildman–Crippen LogP) is 1.50. The van der Waals surface area contributed by atoms with E-state index >= 15 is 0 Å². The lowest BCUT2D eigenvalue weighted by Crippen LogP contribution is -2.64. The second-order valence-corrected chi connectivity index (χ2v) is 18.4. The lowest BCUT2D eigenvalue weighted by atomic mass is 9.46. The molecule has 296 valence electrons.